The lowest BCUT2D eigenvalue weighted by Gasteiger charge is -2.41. The fraction of sp³-hybridized carbons (Fsp3) is 0.500. The Hall–Kier alpha value is -2.38. The Morgan fingerprint density at radius 3 is 2.65 bits per heavy atom. The molecule has 2 N–H and O–H groups in total. The summed E-state index contributed by atoms with van der Waals surface area (Å²) in [7, 11) is 0. The SMILES string of the molecule is CC(C(=O)O)C1CN(C(=O)Cn2ccc(=O)[nH]c2=O)C1. The molecule has 0 radical (unpaired) electrons. The van der Waals surface area contributed by atoms with Gasteiger partial charge in [0.15, 0.2) is 0 Å². The molecule has 0 saturated carbocycles. The molecule has 0 aliphatic carbocycles. The first-order valence-corrected chi connectivity index (χ1v) is 6.19. The highest BCUT2D eigenvalue weighted by Gasteiger charge is 2.37. The van der Waals surface area contributed by atoms with Crippen LogP contribution in [0.4, 0.5) is 0 Å². The molecule has 20 heavy (non-hydrogen) atoms. The summed E-state index contributed by atoms with van der Waals surface area (Å²) in [6, 6.07) is 1.17. The normalized spacial score (nSPS) is 16.6. The molecule has 2 rings (SSSR count). The van der Waals surface area contributed by atoms with Crippen LogP contribution in [0.15, 0.2) is 21.9 Å². The van der Waals surface area contributed by atoms with E-state index in [2.05, 4.69) is 4.98 Å². The highest BCUT2D eigenvalue weighted by Crippen LogP contribution is 2.24. The second kappa shape index (κ2) is 5.32. The molecule has 1 unspecified atom stereocenters. The molecule has 1 atom stereocenters. The summed E-state index contributed by atoms with van der Waals surface area (Å²) in [6.45, 7) is 2.21. The summed E-state index contributed by atoms with van der Waals surface area (Å²) in [4.78, 5) is 48.6. The van der Waals surface area contributed by atoms with Crippen LogP contribution in [0.5, 0.6) is 0 Å². The molecular weight excluding hydrogens is 266 g/mol. The van der Waals surface area contributed by atoms with Crippen LogP contribution >= 0.6 is 0 Å². The van der Waals surface area contributed by atoms with Crippen LogP contribution in [0.1, 0.15) is 6.92 Å². The predicted molar refractivity (Wildman–Crippen MR) is 68.2 cm³/mol. The molecule has 1 aromatic rings. The maximum atomic E-state index is 11.9. The summed E-state index contributed by atoms with van der Waals surface area (Å²) in [5, 5.41) is 8.86. The molecule has 0 bridgehead atoms. The first kappa shape index (κ1) is 14.0. The molecular formula is C12H15N3O5. The number of hydrogen-bond donors (Lipinski definition) is 2. The largest absolute Gasteiger partial charge is 0.481 e. The second-order valence-corrected chi connectivity index (χ2v) is 4.92. The number of amides is 1. The lowest BCUT2D eigenvalue weighted by Crippen LogP contribution is -2.54. The highest BCUT2D eigenvalue weighted by atomic mass is 16.4. The summed E-state index contributed by atoms with van der Waals surface area (Å²) < 4.78 is 1.11. The van der Waals surface area contributed by atoms with Crippen molar-refractivity contribution in [2.45, 2.75) is 13.5 Å². The number of aromatic amines is 1. The highest BCUT2D eigenvalue weighted by molar-refractivity contribution is 5.77. The van der Waals surface area contributed by atoms with E-state index in [1.807, 2.05) is 0 Å². The lowest BCUT2D eigenvalue weighted by atomic mass is 9.87. The van der Waals surface area contributed by atoms with Crippen LogP contribution in [0.2, 0.25) is 0 Å². The smallest absolute Gasteiger partial charge is 0.328 e. The number of carboxylic acid groups (broad SMARTS) is 1. The zero-order chi connectivity index (χ0) is 14.9. The zero-order valence-corrected chi connectivity index (χ0v) is 10.9. The maximum Gasteiger partial charge on any atom is 0.328 e. The Morgan fingerprint density at radius 2 is 2.10 bits per heavy atom. The molecule has 1 amide bonds. The molecule has 1 fully saturated rings. The van der Waals surface area contributed by atoms with E-state index in [-0.39, 0.29) is 18.4 Å². The molecule has 0 aromatic carbocycles. The number of H-pyrrole nitrogens is 1. The fourth-order valence-corrected chi connectivity index (χ4v) is 2.05. The van der Waals surface area contributed by atoms with Gasteiger partial charge in [0, 0.05) is 31.3 Å². The third-order valence-corrected chi connectivity index (χ3v) is 3.56. The average Bonchev–Trinajstić information content (AvgIpc) is 2.30. The number of rotatable bonds is 4. The molecule has 1 saturated heterocycles. The minimum atomic E-state index is -0.876. The van der Waals surface area contributed by atoms with E-state index in [1.54, 1.807) is 6.92 Å². The maximum absolute atomic E-state index is 11.9. The Balaban J connectivity index is 1.93. The molecule has 1 aromatic heterocycles. The van der Waals surface area contributed by atoms with E-state index in [9.17, 15) is 19.2 Å². The minimum absolute atomic E-state index is 0.0521. The van der Waals surface area contributed by atoms with Crippen molar-refractivity contribution in [3.05, 3.63) is 33.1 Å². The van der Waals surface area contributed by atoms with Crippen molar-refractivity contribution in [3.8, 4) is 0 Å². The summed E-state index contributed by atoms with van der Waals surface area (Å²) in [5.74, 6) is -1.69. The van der Waals surface area contributed by atoms with Crippen molar-refractivity contribution >= 4 is 11.9 Å². The average molecular weight is 281 g/mol. The van der Waals surface area contributed by atoms with E-state index >= 15 is 0 Å². The van der Waals surface area contributed by atoms with Gasteiger partial charge in [-0.05, 0) is 0 Å². The van der Waals surface area contributed by atoms with E-state index in [4.69, 9.17) is 5.11 Å². The molecule has 1 aliphatic heterocycles. The number of carboxylic acids is 1. The molecule has 8 heteroatoms. The summed E-state index contributed by atoms with van der Waals surface area (Å²) >= 11 is 0. The van der Waals surface area contributed by atoms with Crippen LogP contribution < -0.4 is 11.2 Å². The lowest BCUT2D eigenvalue weighted by molar-refractivity contribution is -0.150. The van der Waals surface area contributed by atoms with Crippen LogP contribution in [-0.2, 0) is 16.1 Å². The van der Waals surface area contributed by atoms with Gasteiger partial charge in [-0.3, -0.25) is 23.9 Å². The van der Waals surface area contributed by atoms with E-state index in [0.717, 1.165) is 4.57 Å². The monoisotopic (exact) mass is 281 g/mol. The van der Waals surface area contributed by atoms with E-state index in [1.165, 1.54) is 17.2 Å². The van der Waals surface area contributed by atoms with Gasteiger partial charge in [0.05, 0.1) is 5.92 Å². The molecule has 108 valence electrons. The van der Waals surface area contributed by atoms with E-state index < -0.39 is 23.1 Å². The van der Waals surface area contributed by atoms with Gasteiger partial charge in [0.25, 0.3) is 5.56 Å². The quantitative estimate of drug-likeness (QED) is 0.713. The van der Waals surface area contributed by atoms with Crippen molar-refractivity contribution < 1.29 is 14.7 Å². The van der Waals surface area contributed by atoms with E-state index in [0.29, 0.717) is 13.1 Å². The fourth-order valence-electron chi connectivity index (χ4n) is 2.05. The topological polar surface area (TPSA) is 112 Å². The molecule has 2 heterocycles. The summed E-state index contributed by atoms with van der Waals surface area (Å²) in [6.07, 6.45) is 1.26. The van der Waals surface area contributed by atoms with Crippen molar-refractivity contribution in [2.24, 2.45) is 11.8 Å². The summed E-state index contributed by atoms with van der Waals surface area (Å²) in [5.41, 5.74) is -1.15. The first-order chi connectivity index (χ1) is 9.38. The van der Waals surface area contributed by atoms with Gasteiger partial charge in [0.1, 0.15) is 6.54 Å². The van der Waals surface area contributed by atoms with Crippen molar-refractivity contribution in [3.63, 3.8) is 0 Å². The number of aromatic nitrogens is 2. The van der Waals surface area contributed by atoms with Gasteiger partial charge in [-0.15, -0.1) is 0 Å². The van der Waals surface area contributed by atoms with Gasteiger partial charge < -0.3 is 10.0 Å². The molecule has 1 aliphatic rings. The molecule has 0 spiro atoms. The second-order valence-electron chi connectivity index (χ2n) is 4.92. The van der Waals surface area contributed by atoms with Crippen LogP contribution in [0.25, 0.3) is 0 Å². The van der Waals surface area contributed by atoms with Gasteiger partial charge in [-0.1, -0.05) is 6.92 Å². The first-order valence-electron chi connectivity index (χ1n) is 6.19. The number of carbonyl (C=O) groups excluding carboxylic acids is 1. The zero-order valence-electron chi connectivity index (χ0n) is 10.9. The molecule has 8 nitrogen and oxygen atoms in total. The third-order valence-electron chi connectivity index (χ3n) is 3.56. The number of nitrogens with one attached hydrogen (secondary N) is 1. The van der Waals surface area contributed by atoms with Gasteiger partial charge >= 0.3 is 11.7 Å². The number of likely N-dealkylation sites (tertiary alicyclic amines) is 1. The van der Waals surface area contributed by atoms with Gasteiger partial charge in [-0.25, -0.2) is 4.79 Å². The van der Waals surface area contributed by atoms with Crippen LogP contribution in [0, 0.1) is 11.8 Å². The predicted octanol–water partition coefficient (Wildman–Crippen LogP) is -1.28. The van der Waals surface area contributed by atoms with Gasteiger partial charge in [-0.2, -0.15) is 0 Å². The Morgan fingerprint density at radius 1 is 1.45 bits per heavy atom. The van der Waals surface area contributed by atoms with Crippen LogP contribution in [0.3, 0.4) is 0 Å². The third kappa shape index (κ3) is 2.79. The number of hydrogen-bond acceptors (Lipinski definition) is 4. The number of aliphatic carboxylic acids is 1. The number of carbonyl (C=O) groups is 2. The Kier molecular flexibility index (Phi) is 3.73. The van der Waals surface area contributed by atoms with Crippen molar-refractivity contribution in [2.75, 3.05) is 13.1 Å². The standard InChI is InChI=1S/C12H15N3O5/c1-7(11(18)19)8-4-15(5-8)10(17)6-14-3-2-9(16)13-12(14)20/h2-3,7-8H,4-6H2,1H3,(H,18,19)(H,13,16,20). The van der Waals surface area contributed by atoms with Crippen LogP contribution in [-0.4, -0.2) is 44.5 Å². The number of nitrogens with zero attached hydrogens (tertiary/aromatic N) is 2. The van der Waals surface area contributed by atoms with Gasteiger partial charge in [0.2, 0.25) is 5.91 Å². The van der Waals surface area contributed by atoms with Crippen molar-refractivity contribution in [1.82, 2.24) is 14.5 Å². The Bertz CT molecular complexity index is 641. The van der Waals surface area contributed by atoms with Crippen molar-refractivity contribution in [1.29, 1.82) is 0 Å². The Labute approximate surface area is 113 Å². The minimum Gasteiger partial charge on any atom is -0.481 e.